The average molecular weight is 627 g/mol. The number of hydrogen-bond acceptors (Lipinski definition) is 4. The molecule has 196 valence electrons. The van der Waals surface area contributed by atoms with Gasteiger partial charge < -0.3 is 14.8 Å². The lowest BCUT2D eigenvalue weighted by Crippen LogP contribution is -2.29. The van der Waals surface area contributed by atoms with E-state index in [1.807, 2.05) is 30.5 Å². The molecule has 1 aliphatic heterocycles. The number of hydrogen-bond donors (Lipinski definition) is 1. The van der Waals surface area contributed by atoms with Gasteiger partial charge in [-0.15, -0.1) is 0 Å². The first kappa shape index (κ1) is 25.7. The third-order valence-electron chi connectivity index (χ3n) is 7.61. The van der Waals surface area contributed by atoms with E-state index in [1.54, 1.807) is 7.11 Å². The molecule has 39 heavy (non-hydrogen) atoms. The molecular weight excluding hydrogens is 595 g/mol. The van der Waals surface area contributed by atoms with E-state index < -0.39 is 0 Å². The SMILES string of the molecule is COc1cc(C=Nc2ccc([C@@H]3Nc4ccc(C)cc4[C@@H]4C=CC[C@@H]43)cc2)cc(I)c1OCc1ccccc1. The quantitative estimate of drug-likeness (QED) is 0.127. The Morgan fingerprint density at radius 1 is 1.00 bits per heavy atom. The molecular formula is C34H31IN2O2. The molecule has 0 unspecified atom stereocenters. The fourth-order valence-electron chi connectivity index (χ4n) is 5.64. The second-order valence-electron chi connectivity index (χ2n) is 10.2. The zero-order valence-corrected chi connectivity index (χ0v) is 24.3. The van der Waals surface area contributed by atoms with Crippen LogP contribution in [0.4, 0.5) is 11.4 Å². The Bertz CT molecular complexity index is 1530. The molecule has 4 nitrogen and oxygen atoms in total. The van der Waals surface area contributed by atoms with E-state index in [2.05, 4.69) is 108 Å². The van der Waals surface area contributed by atoms with Crippen molar-refractivity contribution < 1.29 is 9.47 Å². The Labute approximate surface area is 243 Å². The number of ether oxygens (including phenoxy) is 2. The molecule has 1 aliphatic carbocycles. The van der Waals surface area contributed by atoms with Crippen LogP contribution in [0.1, 0.15) is 46.2 Å². The van der Waals surface area contributed by atoms with Crippen LogP contribution in [0.25, 0.3) is 0 Å². The van der Waals surface area contributed by atoms with E-state index in [0.29, 0.717) is 24.2 Å². The molecule has 1 N–H and O–H groups in total. The van der Waals surface area contributed by atoms with E-state index in [0.717, 1.165) is 32.6 Å². The normalized spacial score (nSPS) is 19.4. The Balaban J connectivity index is 1.17. The Morgan fingerprint density at radius 2 is 1.82 bits per heavy atom. The van der Waals surface area contributed by atoms with Crippen LogP contribution >= 0.6 is 22.6 Å². The van der Waals surface area contributed by atoms with Crippen LogP contribution < -0.4 is 14.8 Å². The van der Waals surface area contributed by atoms with Gasteiger partial charge in [-0.3, -0.25) is 4.99 Å². The fourth-order valence-corrected chi connectivity index (χ4v) is 6.43. The highest BCUT2D eigenvalue weighted by molar-refractivity contribution is 14.1. The summed E-state index contributed by atoms with van der Waals surface area (Å²) in [6.07, 6.45) is 7.72. The van der Waals surface area contributed by atoms with E-state index in [-0.39, 0.29) is 6.04 Å². The first-order valence-corrected chi connectivity index (χ1v) is 14.4. The van der Waals surface area contributed by atoms with Crippen molar-refractivity contribution in [2.45, 2.75) is 31.9 Å². The van der Waals surface area contributed by atoms with Crippen LogP contribution in [0.5, 0.6) is 11.5 Å². The first-order chi connectivity index (χ1) is 19.1. The van der Waals surface area contributed by atoms with Gasteiger partial charge >= 0.3 is 0 Å². The molecule has 1 heterocycles. The highest BCUT2D eigenvalue weighted by Gasteiger charge is 2.37. The van der Waals surface area contributed by atoms with Crippen molar-refractivity contribution in [2.24, 2.45) is 10.9 Å². The van der Waals surface area contributed by atoms with Crippen LogP contribution in [0.2, 0.25) is 0 Å². The van der Waals surface area contributed by atoms with Crippen molar-refractivity contribution in [3.63, 3.8) is 0 Å². The van der Waals surface area contributed by atoms with E-state index in [9.17, 15) is 0 Å². The number of aryl methyl sites for hydroxylation is 1. The van der Waals surface area contributed by atoms with Gasteiger partial charge in [-0.1, -0.05) is 72.3 Å². The number of aliphatic imine (C=N–C) groups is 1. The monoisotopic (exact) mass is 626 g/mol. The summed E-state index contributed by atoms with van der Waals surface area (Å²) >= 11 is 2.30. The van der Waals surface area contributed by atoms with Crippen LogP contribution in [0.3, 0.4) is 0 Å². The molecule has 6 rings (SSSR count). The van der Waals surface area contributed by atoms with E-state index >= 15 is 0 Å². The molecule has 4 aromatic rings. The van der Waals surface area contributed by atoms with Gasteiger partial charge in [0.25, 0.3) is 0 Å². The maximum absolute atomic E-state index is 6.10. The van der Waals surface area contributed by atoms with Crippen molar-refractivity contribution in [2.75, 3.05) is 12.4 Å². The van der Waals surface area contributed by atoms with Crippen molar-refractivity contribution in [3.05, 3.63) is 128 Å². The van der Waals surface area contributed by atoms with Gasteiger partial charge in [0, 0.05) is 17.8 Å². The summed E-state index contributed by atoms with van der Waals surface area (Å²) in [7, 11) is 1.67. The minimum Gasteiger partial charge on any atom is -0.493 e. The number of nitrogens with one attached hydrogen (secondary N) is 1. The molecule has 0 bridgehead atoms. The van der Waals surface area contributed by atoms with Crippen LogP contribution in [-0.2, 0) is 6.61 Å². The van der Waals surface area contributed by atoms with Crippen molar-refractivity contribution >= 4 is 40.2 Å². The fraction of sp³-hybridized carbons (Fsp3) is 0.206. The number of allylic oxidation sites excluding steroid dienone is 2. The zero-order valence-electron chi connectivity index (χ0n) is 22.1. The van der Waals surface area contributed by atoms with Gasteiger partial charge in [0.1, 0.15) is 6.61 Å². The number of anilines is 1. The smallest absolute Gasteiger partial charge is 0.174 e. The van der Waals surface area contributed by atoms with Crippen molar-refractivity contribution in [1.29, 1.82) is 0 Å². The van der Waals surface area contributed by atoms with E-state index in [1.165, 1.54) is 22.4 Å². The molecule has 0 amide bonds. The maximum Gasteiger partial charge on any atom is 0.174 e. The number of fused-ring (bicyclic) bond motifs is 3. The lowest BCUT2D eigenvalue weighted by molar-refractivity contribution is 0.282. The summed E-state index contributed by atoms with van der Waals surface area (Å²) < 4.78 is 12.7. The highest BCUT2D eigenvalue weighted by atomic mass is 127. The van der Waals surface area contributed by atoms with Crippen LogP contribution in [0.15, 0.2) is 102 Å². The van der Waals surface area contributed by atoms with Crippen LogP contribution in [0, 0.1) is 16.4 Å². The topological polar surface area (TPSA) is 42.8 Å². The van der Waals surface area contributed by atoms with Gasteiger partial charge in [-0.2, -0.15) is 0 Å². The Kier molecular flexibility index (Phi) is 7.42. The van der Waals surface area contributed by atoms with E-state index in [4.69, 9.17) is 14.5 Å². The number of nitrogens with zero attached hydrogens (tertiary/aromatic N) is 1. The Morgan fingerprint density at radius 3 is 2.62 bits per heavy atom. The molecule has 4 aromatic carbocycles. The number of rotatable bonds is 7. The first-order valence-electron chi connectivity index (χ1n) is 13.3. The van der Waals surface area contributed by atoms with Gasteiger partial charge in [0.05, 0.1) is 22.4 Å². The molecule has 3 atom stereocenters. The largest absolute Gasteiger partial charge is 0.493 e. The zero-order chi connectivity index (χ0) is 26.8. The lowest BCUT2D eigenvalue weighted by Gasteiger charge is -2.37. The third-order valence-corrected chi connectivity index (χ3v) is 8.41. The number of methoxy groups -OCH3 is 1. The Hall–Kier alpha value is -3.58. The summed E-state index contributed by atoms with van der Waals surface area (Å²) in [5.74, 6) is 2.46. The van der Waals surface area contributed by atoms with Gasteiger partial charge in [0.15, 0.2) is 11.5 Å². The lowest BCUT2D eigenvalue weighted by atomic mass is 9.76. The standard InChI is InChI=1S/C34H31IN2O2/c1-22-11-16-31-29(17-22)27-9-6-10-28(27)33(37-31)25-12-14-26(15-13-25)36-20-24-18-30(35)34(32(19-24)38-2)39-21-23-7-4-3-5-8-23/h3-9,11-20,27-28,33,37H,10,21H2,1-2H3/t27-,28+,33+/m1/s1. The van der Waals surface area contributed by atoms with Crippen molar-refractivity contribution in [1.82, 2.24) is 0 Å². The maximum atomic E-state index is 6.10. The highest BCUT2D eigenvalue weighted by Crippen LogP contribution is 2.50. The molecule has 0 spiro atoms. The minimum absolute atomic E-state index is 0.285. The second-order valence-corrected chi connectivity index (χ2v) is 11.4. The molecule has 5 heteroatoms. The second kappa shape index (κ2) is 11.3. The molecule has 2 aliphatic rings. The molecule has 0 radical (unpaired) electrons. The predicted molar refractivity (Wildman–Crippen MR) is 168 cm³/mol. The summed E-state index contributed by atoms with van der Waals surface area (Å²) in [6.45, 7) is 2.66. The van der Waals surface area contributed by atoms with Gasteiger partial charge in [-0.25, -0.2) is 0 Å². The molecule has 0 saturated carbocycles. The molecule has 0 fully saturated rings. The molecule has 0 aromatic heterocycles. The third kappa shape index (κ3) is 5.46. The minimum atomic E-state index is 0.285. The van der Waals surface area contributed by atoms with Gasteiger partial charge in [0.2, 0.25) is 0 Å². The summed E-state index contributed by atoms with van der Waals surface area (Å²) in [5, 5.41) is 3.83. The summed E-state index contributed by atoms with van der Waals surface area (Å²) in [5.41, 5.74) is 8.30. The summed E-state index contributed by atoms with van der Waals surface area (Å²) in [6, 6.07) is 29.9. The van der Waals surface area contributed by atoms with Crippen molar-refractivity contribution in [3.8, 4) is 11.5 Å². The molecule has 0 saturated heterocycles. The number of benzene rings is 4. The van der Waals surface area contributed by atoms with Crippen LogP contribution in [-0.4, -0.2) is 13.3 Å². The number of halogens is 1. The van der Waals surface area contributed by atoms with Gasteiger partial charge in [-0.05, 0) is 94.4 Å². The predicted octanol–water partition coefficient (Wildman–Crippen LogP) is 8.76. The summed E-state index contributed by atoms with van der Waals surface area (Å²) in [4.78, 5) is 4.76. The average Bonchev–Trinajstić information content (AvgIpc) is 3.46.